The summed E-state index contributed by atoms with van der Waals surface area (Å²) in [5, 5.41) is 7.42. The average molecular weight is 342 g/mol. The van der Waals surface area contributed by atoms with Crippen LogP contribution >= 0.6 is 0 Å². The largest absolute Gasteiger partial charge is 0.351 e. The van der Waals surface area contributed by atoms with E-state index >= 15 is 0 Å². The molecule has 1 heterocycles. The number of aromatic nitrogens is 2. The molecule has 1 aromatic carbocycles. The number of hydrogen-bond acceptors (Lipinski definition) is 3. The van der Waals surface area contributed by atoms with Crippen molar-refractivity contribution >= 4 is 5.91 Å². The molecule has 0 spiro atoms. The van der Waals surface area contributed by atoms with Gasteiger partial charge in [-0.25, -0.2) is 4.68 Å². The number of aryl methyl sites for hydroxylation is 1. The van der Waals surface area contributed by atoms with Crippen molar-refractivity contribution < 1.29 is 4.79 Å². The van der Waals surface area contributed by atoms with E-state index < -0.39 is 0 Å². The van der Waals surface area contributed by atoms with Crippen LogP contribution in [0, 0.1) is 13.8 Å². The van der Waals surface area contributed by atoms with Crippen LogP contribution in [0.5, 0.6) is 0 Å². The van der Waals surface area contributed by atoms with Crippen LogP contribution in [-0.2, 0) is 0 Å². The van der Waals surface area contributed by atoms with Gasteiger partial charge in [-0.1, -0.05) is 12.1 Å². The Hall–Kier alpha value is -2.14. The van der Waals surface area contributed by atoms with E-state index in [1.807, 2.05) is 36.7 Å². The number of carbonyl (C=O) groups is 1. The summed E-state index contributed by atoms with van der Waals surface area (Å²) in [6, 6.07) is 9.02. The number of benzene rings is 1. The topological polar surface area (TPSA) is 50.2 Å². The maximum Gasteiger partial charge on any atom is 0.254 e. The molecule has 5 heteroatoms. The molecule has 1 aromatic heterocycles. The molecule has 0 aliphatic carbocycles. The van der Waals surface area contributed by atoms with Gasteiger partial charge < -0.3 is 5.32 Å². The Morgan fingerprint density at radius 2 is 1.88 bits per heavy atom. The molecule has 2 aromatic rings. The van der Waals surface area contributed by atoms with Crippen molar-refractivity contribution in [1.29, 1.82) is 0 Å². The number of rotatable bonds is 7. The molecule has 25 heavy (non-hydrogen) atoms. The zero-order chi connectivity index (χ0) is 18.6. The van der Waals surface area contributed by atoms with E-state index in [-0.39, 0.29) is 5.91 Å². The molecule has 0 unspecified atom stereocenters. The van der Waals surface area contributed by atoms with Crippen molar-refractivity contribution in [2.45, 2.75) is 53.6 Å². The predicted octanol–water partition coefficient (Wildman–Crippen LogP) is 3.34. The van der Waals surface area contributed by atoms with Crippen molar-refractivity contribution in [2.75, 3.05) is 13.1 Å². The molecule has 0 aliphatic heterocycles. The third-order valence-corrected chi connectivity index (χ3v) is 4.48. The van der Waals surface area contributed by atoms with Gasteiger partial charge in [-0.2, -0.15) is 5.10 Å². The van der Waals surface area contributed by atoms with Crippen LogP contribution < -0.4 is 5.32 Å². The van der Waals surface area contributed by atoms with Crippen LogP contribution in [0.25, 0.3) is 5.69 Å². The fourth-order valence-corrected chi connectivity index (χ4v) is 3.16. The van der Waals surface area contributed by atoms with Gasteiger partial charge in [0.15, 0.2) is 0 Å². The summed E-state index contributed by atoms with van der Waals surface area (Å²) in [6.07, 6.45) is 1.65. The summed E-state index contributed by atoms with van der Waals surface area (Å²) in [7, 11) is 0. The zero-order valence-corrected chi connectivity index (χ0v) is 16.2. The summed E-state index contributed by atoms with van der Waals surface area (Å²) in [5.41, 5.74) is 3.62. The van der Waals surface area contributed by atoms with Gasteiger partial charge in [-0.05, 0) is 59.2 Å². The van der Waals surface area contributed by atoms with Gasteiger partial charge in [0.05, 0.1) is 23.1 Å². The first-order valence-electron chi connectivity index (χ1n) is 8.97. The summed E-state index contributed by atoms with van der Waals surface area (Å²) in [6.45, 7) is 14.2. The molecule has 2 rings (SSSR count). The maximum atomic E-state index is 12.5. The highest BCUT2D eigenvalue weighted by atomic mass is 16.1. The second kappa shape index (κ2) is 8.30. The molecule has 0 saturated heterocycles. The molecule has 0 atom stereocenters. The number of amides is 1. The minimum atomic E-state index is -0.0659. The van der Waals surface area contributed by atoms with Crippen LogP contribution in [0.3, 0.4) is 0 Å². The van der Waals surface area contributed by atoms with Gasteiger partial charge in [-0.15, -0.1) is 0 Å². The molecule has 0 bridgehead atoms. The van der Waals surface area contributed by atoms with E-state index in [4.69, 9.17) is 0 Å². The van der Waals surface area contributed by atoms with Crippen molar-refractivity contribution in [2.24, 2.45) is 0 Å². The number of carbonyl (C=O) groups excluding carboxylic acids is 1. The Balaban J connectivity index is 2.04. The third kappa shape index (κ3) is 4.69. The second-order valence-corrected chi connectivity index (χ2v) is 7.08. The maximum absolute atomic E-state index is 12.5. The summed E-state index contributed by atoms with van der Waals surface area (Å²) < 4.78 is 1.82. The van der Waals surface area contributed by atoms with Gasteiger partial charge in [0.25, 0.3) is 5.91 Å². The van der Waals surface area contributed by atoms with E-state index in [1.165, 1.54) is 5.56 Å². The molecule has 0 saturated carbocycles. The molecular formula is C20H30N4O. The van der Waals surface area contributed by atoms with Crippen LogP contribution in [0.4, 0.5) is 0 Å². The summed E-state index contributed by atoms with van der Waals surface area (Å²) in [4.78, 5) is 14.9. The smallest absolute Gasteiger partial charge is 0.254 e. The van der Waals surface area contributed by atoms with Crippen molar-refractivity contribution in [3.8, 4) is 5.69 Å². The lowest BCUT2D eigenvalue weighted by atomic mass is 10.2. The van der Waals surface area contributed by atoms with Crippen LogP contribution in [0.15, 0.2) is 30.5 Å². The first-order chi connectivity index (χ1) is 11.8. The van der Waals surface area contributed by atoms with Crippen LogP contribution in [-0.4, -0.2) is 45.8 Å². The van der Waals surface area contributed by atoms with Crippen molar-refractivity contribution in [3.05, 3.63) is 47.3 Å². The van der Waals surface area contributed by atoms with Gasteiger partial charge in [0.1, 0.15) is 0 Å². The lowest BCUT2D eigenvalue weighted by Gasteiger charge is -2.30. The van der Waals surface area contributed by atoms with Gasteiger partial charge in [0, 0.05) is 25.2 Å². The average Bonchev–Trinajstić information content (AvgIpc) is 2.92. The zero-order valence-electron chi connectivity index (χ0n) is 16.2. The minimum Gasteiger partial charge on any atom is -0.351 e. The van der Waals surface area contributed by atoms with Gasteiger partial charge in [-0.3, -0.25) is 9.69 Å². The van der Waals surface area contributed by atoms with Gasteiger partial charge >= 0.3 is 0 Å². The highest BCUT2D eigenvalue weighted by Crippen LogP contribution is 2.15. The predicted molar refractivity (Wildman–Crippen MR) is 102 cm³/mol. The lowest BCUT2D eigenvalue weighted by Crippen LogP contribution is -2.42. The first kappa shape index (κ1) is 19.2. The van der Waals surface area contributed by atoms with E-state index in [9.17, 15) is 4.79 Å². The van der Waals surface area contributed by atoms with Crippen molar-refractivity contribution in [3.63, 3.8) is 0 Å². The summed E-state index contributed by atoms with van der Waals surface area (Å²) >= 11 is 0. The van der Waals surface area contributed by atoms with E-state index in [0.29, 0.717) is 24.2 Å². The van der Waals surface area contributed by atoms with E-state index in [0.717, 1.165) is 17.9 Å². The molecular weight excluding hydrogens is 312 g/mol. The molecule has 0 radical (unpaired) electrons. The fraction of sp³-hybridized carbons (Fsp3) is 0.500. The molecule has 1 N–H and O–H groups in total. The van der Waals surface area contributed by atoms with Gasteiger partial charge in [0.2, 0.25) is 0 Å². The van der Waals surface area contributed by atoms with Crippen LogP contribution in [0.2, 0.25) is 0 Å². The second-order valence-electron chi connectivity index (χ2n) is 7.08. The molecule has 5 nitrogen and oxygen atoms in total. The SMILES string of the molecule is Cc1cccc(-n2ncc(C(=O)NCCN(C(C)C)C(C)C)c2C)c1. The standard InChI is InChI=1S/C20H30N4O/c1-14(2)23(15(3)4)11-10-21-20(25)19-13-22-24(17(19)6)18-9-7-8-16(5)12-18/h7-9,12-15H,10-11H2,1-6H3,(H,21,25). The quantitative estimate of drug-likeness (QED) is 0.839. The first-order valence-corrected chi connectivity index (χ1v) is 8.97. The third-order valence-electron chi connectivity index (χ3n) is 4.48. The van der Waals surface area contributed by atoms with Crippen molar-refractivity contribution in [1.82, 2.24) is 20.0 Å². The van der Waals surface area contributed by atoms with E-state index in [1.54, 1.807) is 6.20 Å². The number of hydrogen-bond donors (Lipinski definition) is 1. The molecule has 136 valence electrons. The highest BCUT2D eigenvalue weighted by molar-refractivity contribution is 5.95. The Labute approximate surface area is 151 Å². The molecule has 0 fully saturated rings. The Morgan fingerprint density at radius 1 is 1.20 bits per heavy atom. The Bertz CT molecular complexity index is 710. The fourth-order valence-electron chi connectivity index (χ4n) is 3.16. The summed E-state index contributed by atoms with van der Waals surface area (Å²) in [5.74, 6) is -0.0659. The monoisotopic (exact) mass is 342 g/mol. The highest BCUT2D eigenvalue weighted by Gasteiger charge is 2.17. The van der Waals surface area contributed by atoms with Crippen LogP contribution in [0.1, 0.15) is 49.3 Å². The van der Waals surface area contributed by atoms with E-state index in [2.05, 4.69) is 49.1 Å². The molecule has 1 amide bonds. The number of nitrogens with one attached hydrogen (secondary N) is 1. The molecule has 0 aliphatic rings. The minimum absolute atomic E-state index is 0.0659. The Kier molecular flexibility index (Phi) is 6.37. The normalized spacial score (nSPS) is 11.6. The number of nitrogens with zero attached hydrogens (tertiary/aromatic N) is 3. The lowest BCUT2D eigenvalue weighted by molar-refractivity contribution is 0.0939. The Morgan fingerprint density at radius 3 is 2.48 bits per heavy atom.